The number of nitrogens with zero attached hydrogens (tertiary/aromatic N) is 8. The van der Waals surface area contributed by atoms with E-state index in [1.807, 2.05) is 42.4 Å². The van der Waals surface area contributed by atoms with Crippen molar-refractivity contribution in [2.75, 3.05) is 60.7 Å². The van der Waals surface area contributed by atoms with Gasteiger partial charge in [0, 0.05) is 144 Å². The van der Waals surface area contributed by atoms with Gasteiger partial charge in [0.05, 0.1) is 38.4 Å². The van der Waals surface area contributed by atoms with E-state index in [2.05, 4.69) is 292 Å². The topological polar surface area (TPSA) is 88.8 Å². The number of hydrogen-bond donors (Lipinski definition) is 0. The van der Waals surface area contributed by atoms with E-state index in [0.29, 0.717) is 12.6 Å². The molecule has 9 heterocycles. The molecule has 19 aromatic rings. The Balaban J connectivity index is 0.0000000997. The van der Waals surface area contributed by atoms with Gasteiger partial charge in [-0.3, -0.25) is 0 Å². The summed E-state index contributed by atoms with van der Waals surface area (Å²) in [4.78, 5) is 17.1. The fourth-order valence-electron chi connectivity index (χ4n) is 16.7. The van der Waals surface area contributed by atoms with Gasteiger partial charge in [-0.1, -0.05) is 147 Å². The van der Waals surface area contributed by atoms with E-state index >= 15 is 0 Å². The zero-order valence-corrected chi connectivity index (χ0v) is 61.9. The minimum Gasteiger partial charge on any atom is -0.456 e. The molecule has 0 N–H and O–H groups in total. The molecule has 0 fully saturated rings. The molecule has 13 heteroatoms. The maximum atomic E-state index is 7.58. The minimum absolute atomic E-state index is 0.298. The number of benzene rings is 13. The molecule has 524 valence electrons. The van der Waals surface area contributed by atoms with Crippen molar-refractivity contribution >= 4 is 181 Å². The molecule has 0 radical (unpaired) electrons. The summed E-state index contributed by atoms with van der Waals surface area (Å²) < 4.78 is 51.4. The molecule has 3 aliphatic heterocycles. The molecule has 0 amide bonds. The summed E-state index contributed by atoms with van der Waals surface area (Å²) in [5.74, 6) is 0.453. The van der Waals surface area contributed by atoms with Crippen LogP contribution in [-0.4, -0.2) is 55.9 Å². The monoisotopic (exact) mass is 1420 g/mol. The Labute approximate surface area is 627 Å². The van der Waals surface area contributed by atoms with E-state index in [9.17, 15) is 0 Å². The fourth-order valence-corrected chi connectivity index (χ4v) is 18.0. The van der Waals surface area contributed by atoms with Crippen LogP contribution in [0.3, 0.4) is 0 Å². The molecule has 22 rings (SSSR count). The van der Waals surface area contributed by atoms with Gasteiger partial charge < -0.3 is 47.1 Å². The van der Waals surface area contributed by atoms with Crippen LogP contribution in [0.15, 0.2) is 273 Å². The number of hydrogen-bond acceptors (Lipinski definition) is 12. The standard InChI is InChI=1S/C27H23N2OS.C25H20N2O.2C21H18N2O/c1-15(2)21-13-31-27-24(21)28-14-29(4)25(27)18-10-11-20-23-19-8-6-5-7-17(19)9-12-22(23)30-26(20)16(18)3;1-16-20(27-15-26(2)21-9-5-6-10-22(21)27)13-12-19-24-18-8-4-3-7-17(18)11-14-23(24)28-25(16)19;2*1-14-18(23-12-11-22(2)13-23)9-8-17-20-16-6-4-3-5-15(16)7-10-19(20)24-21(14)17/h5-15H,1-4H3;3-14H,15H2,1-2H3;2*3-12H,13H2,1-2H3/q+1;;;/i;;2D3;. The van der Waals surface area contributed by atoms with E-state index in [1.165, 1.54) is 141 Å². The summed E-state index contributed by atoms with van der Waals surface area (Å²) >= 11 is 1.78. The van der Waals surface area contributed by atoms with Crippen LogP contribution in [-0.2, 0) is 7.05 Å². The number of aromatic nitrogens is 2. The van der Waals surface area contributed by atoms with Crippen LogP contribution in [0.5, 0.6) is 0 Å². The van der Waals surface area contributed by atoms with E-state index in [-0.39, 0.29) is 0 Å². The third-order valence-corrected chi connectivity index (χ3v) is 23.1. The maximum Gasteiger partial charge on any atom is 0.287 e. The van der Waals surface area contributed by atoms with E-state index < -0.39 is 6.98 Å². The fraction of sp³-hybridized carbons (Fsp3) is 0.149. The van der Waals surface area contributed by atoms with Crippen molar-refractivity contribution in [1.82, 2.24) is 14.8 Å². The van der Waals surface area contributed by atoms with Gasteiger partial charge >= 0.3 is 0 Å². The number of thiophene rings is 1. The Morgan fingerprint density at radius 2 is 0.813 bits per heavy atom. The van der Waals surface area contributed by atoms with E-state index in [1.54, 1.807) is 23.7 Å². The second kappa shape index (κ2) is 25.6. The Kier molecular flexibility index (Phi) is 14.8. The first kappa shape index (κ1) is 61.9. The predicted molar refractivity (Wildman–Crippen MR) is 448 cm³/mol. The van der Waals surface area contributed by atoms with E-state index in [0.717, 1.165) is 85.5 Å². The Hall–Kier alpha value is -12.6. The second-order valence-electron chi connectivity index (χ2n) is 29.0. The van der Waals surface area contributed by atoms with Gasteiger partial charge in [0.1, 0.15) is 49.4 Å². The number of fused-ring (bicyclic) bond motifs is 22. The molecule has 107 heavy (non-hydrogen) atoms. The van der Waals surface area contributed by atoms with Gasteiger partial charge in [0.15, 0.2) is 5.69 Å². The lowest BCUT2D eigenvalue weighted by molar-refractivity contribution is -0.662. The van der Waals surface area contributed by atoms with Crippen LogP contribution in [0.1, 0.15) is 51.7 Å². The molecular weight excluding hydrogens is 1340 g/mol. The van der Waals surface area contributed by atoms with Crippen molar-refractivity contribution in [3.05, 3.63) is 283 Å². The van der Waals surface area contributed by atoms with Crippen molar-refractivity contribution in [3.63, 3.8) is 0 Å². The molecule has 0 saturated carbocycles. The molecule has 0 unspecified atom stereocenters. The first-order valence-electron chi connectivity index (χ1n) is 38.0. The largest absolute Gasteiger partial charge is 0.456 e. The number of rotatable bonds is 5. The normalized spacial score (nSPS) is 14.2. The summed E-state index contributed by atoms with van der Waals surface area (Å²) in [6.07, 6.45) is 9.56. The SMILES string of the molecule is Cc1c(-c2c3scc(C(C)C)c3nc[n+]2C)ccc2c1oc1ccc3ccccc3c12.Cc1c(N2C=CN(C)C2)ccc2c1oc1ccc3ccccc3c12.Cc1c(N2CN(C)c3ccccc32)ccc2c1oc1ccc3ccccc3c12.[2H]C([2H])([2H])N1C=CN(c2ccc3c(oc4ccc5ccccc5c43)c2C)C1. The van der Waals surface area contributed by atoms with Crippen molar-refractivity contribution in [2.24, 2.45) is 7.05 Å². The lowest BCUT2D eigenvalue weighted by Crippen LogP contribution is -2.31. The van der Waals surface area contributed by atoms with Crippen molar-refractivity contribution in [2.45, 2.75) is 47.5 Å². The summed E-state index contributed by atoms with van der Waals surface area (Å²) in [5, 5.41) is 21.5. The first-order valence-corrected chi connectivity index (χ1v) is 37.4. The lowest BCUT2D eigenvalue weighted by atomic mass is 9.98. The smallest absolute Gasteiger partial charge is 0.287 e. The molecule has 0 aliphatic carbocycles. The average molecular weight is 1420 g/mol. The van der Waals surface area contributed by atoms with Crippen LogP contribution in [0, 0.1) is 27.7 Å². The summed E-state index contributed by atoms with van der Waals surface area (Å²) in [6.45, 7) is 12.8. The van der Waals surface area contributed by atoms with Crippen molar-refractivity contribution in [3.8, 4) is 11.3 Å². The average Bonchev–Trinajstić information content (AvgIpc) is 1.57. The molecule has 3 aliphatic rings. The van der Waals surface area contributed by atoms with Crippen LogP contribution in [0.2, 0.25) is 0 Å². The maximum absolute atomic E-state index is 7.58. The molecule has 0 spiro atoms. The molecule has 0 bridgehead atoms. The number of furan rings is 4. The van der Waals surface area contributed by atoms with Gasteiger partial charge in [-0.25, -0.2) is 4.57 Å². The molecule has 13 aromatic carbocycles. The predicted octanol–water partition coefficient (Wildman–Crippen LogP) is 24.3. The quantitative estimate of drug-likeness (QED) is 0.154. The number of aryl methyl sites for hydroxylation is 5. The van der Waals surface area contributed by atoms with Crippen LogP contribution in [0.25, 0.3) is 152 Å². The van der Waals surface area contributed by atoms with Crippen molar-refractivity contribution in [1.29, 1.82) is 0 Å². The van der Waals surface area contributed by atoms with Crippen LogP contribution >= 0.6 is 11.3 Å². The Morgan fingerprint density at radius 1 is 0.411 bits per heavy atom. The highest BCUT2D eigenvalue weighted by atomic mass is 32.1. The van der Waals surface area contributed by atoms with Crippen LogP contribution in [0.4, 0.5) is 28.4 Å². The Morgan fingerprint density at radius 3 is 1.25 bits per heavy atom. The molecule has 0 atom stereocenters. The van der Waals surface area contributed by atoms with Gasteiger partial charge in [0.25, 0.3) is 6.33 Å². The Bertz CT molecular complexity index is 7040. The lowest BCUT2D eigenvalue weighted by Gasteiger charge is -2.21. The zero-order valence-electron chi connectivity index (χ0n) is 64.1. The van der Waals surface area contributed by atoms with Gasteiger partial charge in [0.2, 0.25) is 5.52 Å². The number of anilines is 5. The summed E-state index contributed by atoms with van der Waals surface area (Å²) in [6, 6.07) is 76.6. The van der Waals surface area contributed by atoms with Gasteiger partial charge in [-0.05, 0) is 172 Å². The molecule has 0 saturated heterocycles. The molecule has 12 nitrogen and oxygen atoms in total. The third-order valence-electron chi connectivity index (χ3n) is 22.1. The van der Waals surface area contributed by atoms with Gasteiger partial charge in [-0.2, -0.15) is 0 Å². The third kappa shape index (κ3) is 10.7. The van der Waals surface area contributed by atoms with Crippen LogP contribution < -0.4 is 24.2 Å². The summed E-state index contributed by atoms with van der Waals surface area (Å²) in [5.41, 5.74) is 22.7. The van der Waals surface area contributed by atoms with E-state index in [4.69, 9.17) is 26.8 Å². The first-order chi connectivity index (χ1) is 53.4. The molecular formula is C94H79N8O4S+. The van der Waals surface area contributed by atoms with Gasteiger partial charge in [-0.15, -0.1) is 11.3 Å². The minimum atomic E-state index is -2.14. The zero-order chi connectivity index (χ0) is 75.1. The molecule has 6 aromatic heterocycles. The highest BCUT2D eigenvalue weighted by molar-refractivity contribution is 7.17. The van der Waals surface area contributed by atoms with Crippen molar-refractivity contribution < 1.29 is 26.3 Å². The number of para-hydroxylation sites is 2. The summed E-state index contributed by atoms with van der Waals surface area (Å²) in [7, 11) is 6.30. The highest BCUT2D eigenvalue weighted by Crippen LogP contribution is 2.47. The highest BCUT2D eigenvalue weighted by Gasteiger charge is 2.29. The second-order valence-corrected chi connectivity index (χ2v) is 29.8.